The third-order valence-electron chi connectivity index (χ3n) is 17.3. The molecule has 17 rings (SSSR count). The monoisotopic (exact) mass is 928 g/mol. The summed E-state index contributed by atoms with van der Waals surface area (Å²) in [6.07, 6.45) is 0. The predicted molar refractivity (Wildman–Crippen MR) is 302 cm³/mol. The molecular formula is C70H44N2O. The number of fused-ring (bicyclic) bond motifs is 22. The summed E-state index contributed by atoms with van der Waals surface area (Å²) in [5.41, 5.74) is 26.6. The summed E-state index contributed by atoms with van der Waals surface area (Å²) < 4.78 is 11.6. The van der Waals surface area contributed by atoms with Gasteiger partial charge in [-0.25, -0.2) is 0 Å². The van der Waals surface area contributed by atoms with Crippen molar-refractivity contribution in [3.05, 3.63) is 264 Å². The van der Waals surface area contributed by atoms with Gasteiger partial charge in [-0.15, -0.1) is 0 Å². The highest BCUT2D eigenvalue weighted by Crippen LogP contribution is 2.63. The van der Waals surface area contributed by atoms with Crippen LogP contribution in [0.5, 0.6) is 0 Å². The van der Waals surface area contributed by atoms with Crippen molar-refractivity contribution in [2.45, 2.75) is 24.7 Å². The van der Waals surface area contributed by atoms with E-state index in [0.29, 0.717) is 0 Å². The molecule has 73 heavy (non-hydrogen) atoms. The molecule has 3 aliphatic rings. The smallest absolute Gasteiger partial charge is 0.137 e. The van der Waals surface area contributed by atoms with Gasteiger partial charge in [0, 0.05) is 55.2 Å². The van der Waals surface area contributed by atoms with Gasteiger partial charge in [-0.05, 0) is 151 Å². The first-order chi connectivity index (χ1) is 35.9. The second-order valence-corrected chi connectivity index (χ2v) is 21.1. The van der Waals surface area contributed by atoms with Gasteiger partial charge >= 0.3 is 0 Å². The van der Waals surface area contributed by atoms with Gasteiger partial charge in [0.2, 0.25) is 0 Å². The summed E-state index contributed by atoms with van der Waals surface area (Å²) in [5, 5.41) is 7.18. The molecule has 0 saturated carbocycles. The van der Waals surface area contributed by atoms with Crippen molar-refractivity contribution in [1.29, 1.82) is 0 Å². The molecule has 3 nitrogen and oxygen atoms in total. The molecule has 340 valence electrons. The highest BCUT2D eigenvalue weighted by molar-refractivity contribution is 6.18. The highest BCUT2D eigenvalue weighted by atomic mass is 16.3. The lowest BCUT2D eigenvalue weighted by molar-refractivity contribution is 0.661. The molecule has 3 aliphatic carbocycles. The van der Waals surface area contributed by atoms with E-state index in [2.05, 4.69) is 254 Å². The molecule has 14 aromatic rings. The molecule has 11 aromatic carbocycles. The number of furan rings is 1. The first-order valence-electron chi connectivity index (χ1n) is 25.6. The normalized spacial score (nSPS) is 14.4. The predicted octanol–water partition coefficient (Wildman–Crippen LogP) is 18.1. The van der Waals surface area contributed by atoms with Gasteiger partial charge in [0.05, 0.1) is 27.5 Å². The zero-order valence-electron chi connectivity index (χ0n) is 40.2. The van der Waals surface area contributed by atoms with E-state index in [1.807, 2.05) is 0 Å². The van der Waals surface area contributed by atoms with E-state index in [-0.39, 0.29) is 5.41 Å². The van der Waals surface area contributed by atoms with Gasteiger partial charge in [-0.1, -0.05) is 166 Å². The van der Waals surface area contributed by atoms with E-state index in [1.165, 1.54) is 116 Å². The maximum atomic E-state index is 6.72. The Bertz CT molecular complexity index is 4700. The molecule has 3 aromatic heterocycles. The average molecular weight is 929 g/mol. The Morgan fingerprint density at radius 3 is 1.53 bits per heavy atom. The van der Waals surface area contributed by atoms with Crippen LogP contribution in [0.15, 0.2) is 235 Å². The zero-order valence-corrected chi connectivity index (χ0v) is 40.2. The van der Waals surface area contributed by atoms with E-state index in [9.17, 15) is 0 Å². The molecular weight excluding hydrogens is 885 g/mol. The van der Waals surface area contributed by atoms with E-state index < -0.39 is 5.41 Å². The lowest BCUT2D eigenvalue weighted by Crippen LogP contribution is -2.26. The van der Waals surface area contributed by atoms with Gasteiger partial charge in [-0.2, -0.15) is 0 Å². The number of rotatable bonds is 3. The summed E-state index contributed by atoms with van der Waals surface area (Å²) in [7, 11) is 0. The van der Waals surface area contributed by atoms with Gasteiger partial charge in [0.15, 0.2) is 0 Å². The standard InChI is InChI=1S/C70H44N2O/c1-69(2)57-23-11-6-21-48(57)51-37-54-52-34-41(42-29-33-67-55(35-42)56-38-53-50-22-10-15-27-63(50)71(43-16-4-3-5-17-43)66(53)40-68(56)73-67)28-32-64(52)72(65(54)39-61(51)69)44-30-31-49-47-20-9-14-26-60(47)70(62(49)36-44)58-24-12-7-18-45(58)46-19-8-13-25-59(46)70/h3-40H,1-2H3. The van der Waals surface area contributed by atoms with Crippen LogP contribution in [0.2, 0.25) is 0 Å². The van der Waals surface area contributed by atoms with Crippen molar-refractivity contribution in [2.75, 3.05) is 0 Å². The summed E-state index contributed by atoms with van der Waals surface area (Å²) in [6, 6.07) is 86.5. The fourth-order valence-corrected chi connectivity index (χ4v) is 14.2. The van der Waals surface area contributed by atoms with Crippen molar-refractivity contribution in [1.82, 2.24) is 9.13 Å². The molecule has 3 heterocycles. The van der Waals surface area contributed by atoms with Crippen molar-refractivity contribution < 1.29 is 4.42 Å². The van der Waals surface area contributed by atoms with Gasteiger partial charge < -0.3 is 13.6 Å². The lowest BCUT2D eigenvalue weighted by atomic mass is 9.70. The second kappa shape index (κ2) is 13.8. The quantitative estimate of drug-likeness (QED) is 0.173. The summed E-state index contributed by atoms with van der Waals surface area (Å²) in [4.78, 5) is 0. The molecule has 0 bridgehead atoms. The molecule has 3 heteroatoms. The SMILES string of the molecule is CC1(C)c2ccccc2-c2cc3c4cc(-c5ccc6oc7cc8c(cc7c6c5)c5ccccc5n8-c5ccccc5)ccc4n(-c4ccc5c(c4)C4(c6ccccc6-c6ccccc64)c4ccccc4-5)c3cc21. The Morgan fingerprint density at radius 2 is 0.808 bits per heavy atom. The van der Waals surface area contributed by atoms with E-state index >= 15 is 0 Å². The van der Waals surface area contributed by atoms with Crippen LogP contribution >= 0.6 is 0 Å². The zero-order chi connectivity index (χ0) is 47.9. The number of hydrogen-bond acceptors (Lipinski definition) is 1. The maximum absolute atomic E-state index is 6.72. The van der Waals surface area contributed by atoms with E-state index in [4.69, 9.17) is 4.42 Å². The minimum atomic E-state index is -0.438. The molecule has 0 fully saturated rings. The molecule has 0 saturated heterocycles. The summed E-state index contributed by atoms with van der Waals surface area (Å²) in [6.45, 7) is 4.78. The van der Waals surface area contributed by atoms with Gasteiger partial charge in [-0.3, -0.25) is 0 Å². The molecule has 1 spiro atoms. The number of benzene rings is 11. The molecule has 0 radical (unpaired) electrons. The summed E-state index contributed by atoms with van der Waals surface area (Å²) in [5.74, 6) is 0. The summed E-state index contributed by atoms with van der Waals surface area (Å²) >= 11 is 0. The van der Waals surface area contributed by atoms with Crippen molar-refractivity contribution in [2.24, 2.45) is 0 Å². The Balaban J connectivity index is 0.895. The number of para-hydroxylation sites is 2. The third-order valence-corrected chi connectivity index (χ3v) is 17.3. The minimum Gasteiger partial charge on any atom is -0.456 e. The van der Waals surface area contributed by atoms with E-state index in [0.717, 1.165) is 38.7 Å². The van der Waals surface area contributed by atoms with Crippen LogP contribution < -0.4 is 0 Å². The topological polar surface area (TPSA) is 23.0 Å². The van der Waals surface area contributed by atoms with Gasteiger partial charge in [0.1, 0.15) is 11.2 Å². The average Bonchev–Trinajstić information content (AvgIpc) is 4.32. The Kier molecular flexibility index (Phi) is 7.48. The van der Waals surface area contributed by atoms with Crippen LogP contribution in [-0.4, -0.2) is 9.13 Å². The van der Waals surface area contributed by atoms with Crippen molar-refractivity contribution in [3.63, 3.8) is 0 Å². The number of nitrogens with zero attached hydrogens (tertiary/aromatic N) is 2. The van der Waals surface area contributed by atoms with Crippen LogP contribution in [0.1, 0.15) is 47.2 Å². The maximum Gasteiger partial charge on any atom is 0.137 e. The highest BCUT2D eigenvalue weighted by Gasteiger charge is 2.51. The molecule has 0 aliphatic heterocycles. The minimum absolute atomic E-state index is 0.154. The molecule has 0 amide bonds. The molecule has 0 N–H and O–H groups in total. The Hall–Kier alpha value is -9.18. The van der Waals surface area contributed by atoms with Gasteiger partial charge in [0.25, 0.3) is 0 Å². The Labute approximate surface area is 421 Å². The van der Waals surface area contributed by atoms with Crippen LogP contribution in [0.3, 0.4) is 0 Å². The third kappa shape index (κ3) is 4.94. The first kappa shape index (κ1) is 39.5. The molecule has 0 unspecified atom stereocenters. The van der Waals surface area contributed by atoms with Crippen molar-refractivity contribution in [3.8, 4) is 55.9 Å². The van der Waals surface area contributed by atoms with Crippen LogP contribution in [-0.2, 0) is 10.8 Å². The number of hydrogen-bond donors (Lipinski definition) is 0. The van der Waals surface area contributed by atoms with Crippen molar-refractivity contribution >= 4 is 65.6 Å². The first-order valence-corrected chi connectivity index (χ1v) is 25.6. The van der Waals surface area contributed by atoms with Crippen LogP contribution in [0.4, 0.5) is 0 Å². The largest absolute Gasteiger partial charge is 0.456 e. The number of aromatic nitrogens is 2. The fourth-order valence-electron chi connectivity index (χ4n) is 14.2. The second-order valence-electron chi connectivity index (χ2n) is 21.1. The van der Waals surface area contributed by atoms with Crippen LogP contribution in [0, 0.1) is 0 Å². The van der Waals surface area contributed by atoms with Crippen LogP contribution in [0.25, 0.3) is 121 Å². The lowest BCUT2D eigenvalue weighted by Gasteiger charge is -2.30. The Morgan fingerprint density at radius 1 is 0.288 bits per heavy atom. The molecule has 0 atom stereocenters. The van der Waals surface area contributed by atoms with E-state index in [1.54, 1.807) is 0 Å². The fraction of sp³-hybridized carbons (Fsp3) is 0.0571.